The molecule has 17 heavy (non-hydrogen) atoms. The second kappa shape index (κ2) is 6.20. The third-order valence-electron chi connectivity index (χ3n) is 4.12. The molecule has 0 aliphatic heterocycles. The molecule has 1 N–H and O–H groups in total. The van der Waals surface area contributed by atoms with Gasteiger partial charge in [0.25, 0.3) is 0 Å². The smallest absolute Gasteiger partial charge is 0.105 e. The molecule has 0 spiro atoms. The van der Waals surface area contributed by atoms with Crippen LogP contribution in [0.25, 0.3) is 0 Å². The van der Waals surface area contributed by atoms with Crippen LogP contribution in [0, 0.1) is 12.8 Å². The Kier molecular flexibility index (Phi) is 4.60. The fourth-order valence-electron chi connectivity index (χ4n) is 2.98. The van der Waals surface area contributed by atoms with E-state index in [0.29, 0.717) is 0 Å². The molecule has 1 aromatic rings. The molecule has 2 unspecified atom stereocenters. The Bertz CT molecular complexity index is 332. The van der Waals surface area contributed by atoms with E-state index in [2.05, 4.69) is 34.9 Å². The van der Waals surface area contributed by atoms with Gasteiger partial charge in [-0.05, 0) is 25.7 Å². The normalized spacial score (nSPS) is 25.1. The van der Waals surface area contributed by atoms with Crippen LogP contribution in [0.2, 0.25) is 0 Å². The molecule has 0 amide bonds. The van der Waals surface area contributed by atoms with E-state index in [1.807, 2.05) is 6.20 Å². The standard InChI is InChI=1S/C14H25N3/c1-3-13-6-4-5-7-14(13)16-9-11-17-10-8-15-12(17)2/h8,10,13-14,16H,3-7,9,11H2,1-2H3. The van der Waals surface area contributed by atoms with Crippen molar-refractivity contribution < 1.29 is 0 Å². The van der Waals surface area contributed by atoms with Gasteiger partial charge in [0.05, 0.1) is 0 Å². The summed E-state index contributed by atoms with van der Waals surface area (Å²) in [5.41, 5.74) is 0. The first kappa shape index (κ1) is 12.6. The van der Waals surface area contributed by atoms with Crippen LogP contribution in [0.1, 0.15) is 44.9 Å². The second-order valence-electron chi connectivity index (χ2n) is 5.18. The highest BCUT2D eigenvalue weighted by Gasteiger charge is 2.22. The number of aryl methyl sites for hydroxylation is 1. The first-order valence-electron chi connectivity index (χ1n) is 7.02. The molecule has 1 saturated carbocycles. The van der Waals surface area contributed by atoms with Gasteiger partial charge in [-0.25, -0.2) is 4.98 Å². The first-order valence-corrected chi connectivity index (χ1v) is 7.02. The zero-order valence-corrected chi connectivity index (χ0v) is 11.2. The highest BCUT2D eigenvalue weighted by molar-refractivity contribution is 4.88. The van der Waals surface area contributed by atoms with E-state index in [-0.39, 0.29) is 0 Å². The Hall–Kier alpha value is -0.830. The highest BCUT2D eigenvalue weighted by Crippen LogP contribution is 2.26. The number of hydrogen-bond acceptors (Lipinski definition) is 2. The first-order chi connectivity index (χ1) is 8.31. The molecule has 1 aliphatic rings. The molecule has 1 aliphatic carbocycles. The van der Waals surface area contributed by atoms with E-state index in [9.17, 15) is 0 Å². The summed E-state index contributed by atoms with van der Waals surface area (Å²) in [6, 6.07) is 0.748. The molecule has 1 aromatic heterocycles. The second-order valence-corrected chi connectivity index (χ2v) is 5.18. The van der Waals surface area contributed by atoms with E-state index < -0.39 is 0 Å². The van der Waals surface area contributed by atoms with E-state index in [4.69, 9.17) is 0 Å². The fourth-order valence-corrected chi connectivity index (χ4v) is 2.98. The van der Waals surface area contributed by atoms with Crippen molar-refractivity contribution in [1.82, 2.24) is 14.9 Å². The molecule has 2 rings (SSSR count). The molecule has 3 heteroatoms. The SMILES string of the molecule is CCC1CCCCC1NCCn1ccnc1C. The van der Waals surface area contributed by atoms with Crippen LogP contribution >= 0.6 is 0 Å². The van der Waals surface area contributed by atoms with Crippen LogP contribution in [0.4, 0.5) is 0 Å². The average molecular weight is 235 g/mol. The Morgan fingerprint density at radius 2 is 2.24 bits per heavy atom. The molecule has 0 radical (unpaired) electrons. The lowest BCUT2D eigenvalue weighted by Gasteiger charge is -2.31. The molecule has 1 fully saturated rings. The summed E-state index contributed by atoms with van der Waals surface area (Å²) in [4.78, 5) is 4.25. The quantitative estimate of drug-likeness (QED) is 0.850. The maximum atomic E-state index is 4.25. The Labute approximate surface area is 105 Å². The van der Waals surface area contributed by atoms with Crippen LogP contribution in [0.15, 0.2) is 12.4 Å². The lowest BCUT2D eigenvalue weighted by Crippen LogP contribution is -2.39. The highest BCUT2D eigenvalue weighted by atomic mass is 15.1. The minimum atomic E-state index is 0.748. The lowest BCUT2D eigenvalue weighted by molar-refractivity contribution is 0.254. The summed E-state index contributed by atoms with van der Waals surface area (Å²) in [7, 11) is 0. The van der Waals surface area contributed by atoms with Crippen LogP contribution in [0.5, 0.6) is 0 Å². The molecule has 0 aromatic carbocycles. The average Bonchev–Trinajstić information content (AvgIpc) is 2.76. The van der Waals surface area contributed by atoms with Gasteiger partial charge in [-0.1, -0.05) is 26.2 Å². The monoisotopic (exact) mass is 235 g/mol. The zero-order valence-electron chi connectivity index (χ0n) is 11.2. The van der Waals surface area contributed by atoms with Gasteiger partial charge in [-0.2, -0.15) is 0 Å². The maximum absolute atomic E-state index is 4.25. The molecule has 0 saturated heterocycles. The Morgan fingerprint density at radius 3 is 2.94 bits per heavy atom. The zero-order chi connectivity index (χ0) is 12.1. The molecular formula is C14H25N3. The summed E-state index contributed by atoms with van der Waals surface area (Å²) in [6.07, 6.45) is 10.9. The van der Waals surface area contributed by atoms with Crippen molar-refractivity contribution in [1.29, 1.82) is 0 Å². The van der Waals surface area contributed by atoms with E-state index >= 15 is 0 Å². The summed E-state index contributed by atoms with van der Waals surface area (Å²) in [6.45, 7) is 6.50. The van der Waals surface area contributed by atoms with Gasteiger partial charge in [0, 0.05) is 31.5 Å². The predicted molar refractivity (Wildman–Crippen MR) is 71.0 cm³/mol. The van der Waals surface area contributed by atoms with E-state index in [1.54, 1.807) is 0 Å². The number of imidazole rings is 1. The van der Waals surface area contributed by atoms with Gasteiger partial charge >= 0.3 is 0 Å². The van der Waals surface area contributed by atoms with Gasteiger partial charge in [0.1, 0.15) is 5.82 Å². The van der Waals surface area contributed by atoms with Gasteiger partial charge in [0.2, 0.25) is 0 Å². The van der Waals surface area contributed by atoms with Gasteiger partial charge in [-0.15, -0.1) is 0 Å². The van der Waals surface area contributed by atoms with Crippen LogP contribution in [0.3, 0.4) is 0 Å². The van der Waals surface area contributed by atoms with Gasteiger partial charge in [0.15, 0.2) is 0 Å². The lowest BCUT2D eigenvalue weighted by atomic mass is 9.83. The van der Waals surface area contributed by atoms with Crippen LogP contribution in [-0.2, 0) is 6.54 Å². The third-order valence-corrected chi connectivity index (χ3v) is 4.12. The largest absolute Gasteiger partial charge is 0.334 e. The number of nitrogens with zero attached hydrogens (tertiary/aromatic N) is 2. The Balaban J connectivity index is 1.75. The van der Waals surface area contributed by atoms with Crippen molar-refractivity contribution in [3.05, 3.63) is 18.2 Å². The molecule has 2 atom stereocenters. The summed E-state index contributed by atoms with van der Waals surface area (Å²) in [5.74, 6) is 2.01. The molecule has 3 nitrogen and oxygen atoms in total. The van der Waals surface area contributed by atoms with Crippen LogP contribution in [-0.4, -0.2) is 22.1 Å². The van der Waals surface area contributed by atoms with Crippen molar-refractivity contribution in [2.75, 3.05) is 6.54 Å². The topological polar surface area (TPSA) is 29.9 Å². The number of hydrogen-bond donors (Lipinski definition) is 1. The summed E-state index contributed by atoms with van der Waals surface area (Å²) in [5, 5.41) is 3.74. The fraction of sp³-hybridized carbons (Fsp3) is 0.786. The van der Waals surface area contributed by atoms with Crippen molar-refractivity contribution in [2.45, 2.75) is 58.5 Å². The molecular weight excluding hydrogens is 210 g/mol. The van der Waals surface area contributed by atoms with Crippen molar-refractivity contribution in [3.63, 3.8) is 0 Å². The minimum absolute atomic E-state index is 0.748. The predicted octanol–water partition coefficient (Wildman–Crippen LogP) is 2.75. The maximum Gasteiger partial charge on any atom is 0.105 e. The third kappa shape index (κ3) is 3.32. The van der Waals surface area contributed by atoms with Gasteiger partial charge in [-0.3, -0.25) is 0 Å². The number of nitrogens with one attached hydrogen (secondary N) is 1. The van der Waals surface area contributed by atoms with Crippen molar-refractivity contribution in [2.24, 2.45) is 5.92 Å². The molecule has 0 bridgehead atoms. The number of aromatic nitrogens is 2. The van der Waals surface area contributed by atoms with Gasteiger partial charge < -0.3 is 9.88 Å². The Morgan fingerprint density at radius 1 is 1.41 bits per heavy atom. The van der Waals surface area contributed by atoms with E-state index in [0.717, 1.165) is 30.9 Å². The molecule has 1 heterocycles. The summed E-state index contributed by atoms with van der Waals surface area (Å²) >= 11 is 0. The van der Waals surface area contributed by atoms with Crippen LogP contribution < -0.4 is 5.32 Å². The summed E-state index contributed by atoms with van der Waals surface area (Å²) < 4.78 is 2.22. The number of rotatable bonds is 5. The minimum Gasteiger partial charge on any atom is -0.334 e. The van der Waals surface area contributed by atoms with Crippen molar-refractivity contribution in [3.8, 4) is 0 Å². The molecule has 96 valence electrons. The van der Waals surface area contributed by atoms with E-state index in [1.165, 1.54) is 32.1 Å². The van der Waals surface area contributed by atoms with Crippen molar-refractivity contribution >= 4 is 0 Å².